The first-order valence-corrected chi connectivity index (χ1v) is 5.78. The Labute approximate surface area is 99.7 Å². The van der Waals surface area contributed by atoms with Gasteiger partial charge in [-0.15, -0.1) is 0 Å². The van der Waals surface area contributed by atoms with Crippen LogP contribution in [-0.2, 0) is 23.7 Å². The van der Waals surface area contributed by atoms with Crippen LogP contribution in [0, 0.1) is 6.29 Å². The van der Waals surface area contributed by atoms with Crippen molar-refractivity contribution in [1.82, 2.24) is 0 Å². The van der Waals surface area contributed by atoms with Crippen LogP contribution >= 0.6 is 0 Å². The predicted molar refractivity (Wildman–Crippen MR) is 54.4 cm³/mol. The first-order chi connectivity index (χ1) is 7.96. The summed E-state index contributed by atoms with van der Waals surface area (Å²) in [6.07, 6.45) is -2.02. The lowest BCUT2D eigenvalue weighted by Gasteiger charge is -2.25. The van der Waals surface area contributed by atoms with Crippen molar-refractivity contribution in [3.05, 3.63) is 6.29 Å². The Kier molecular flexibility index (Phi) is 2.70. The molecular formula is C11H17O6. The number of aliphatic hydroxyl groups excluding tert-OH is 1. The molecule has 0 spiro atoms. The molecule has 0 saturated carbocycles. The topological polar surface area (TPSA) is 66.4 Å². The largest absolute Gasteiger partial charge is 0.387 e. The van der Waals surface area contributed by atoms with Crippen LogP contribution in [0.2, 0.25) is 0 Å². The van der Waals surface area contributed by atoms with Crippen molar-refractivity contribution in [3.8, 4) is 0 Å². The second kappa shape index (κ2) is 3.88. The van der Waals surface area contributed by atoms with Gasteiger partial charge in [-0.2, -0.15) is 0 Å². The maximum atomic E-state index is 10.2. The van der Waals surface area contributed by atoms with E-state index in [1.54, 1.807) is 20.8 Å². The molecule has 0 aliphatic carbocycles. The summed E-state index contributed by atoms with van der Waals surface area (Å²) in [7, 11) is 0. The number of rotatable bonds is 1. The molecule has 97 valence electrons. The quantitative estimate of drug-likeness (QED) is 0.709. The van der Waals surface area contributed by atoms with Crippen LogP contribution in [-0.4, -0.2) is 48.2 Å². The van der Waals surface area contributed by atoms with E-state index in [-0.39, 0.29) is 6.10 Å². The molecule has 3 saturated heterocycles. The van der Waals surface area contributed by atoms with Gasteiger partial charge in [-0.05, 0) is 20.8 Å². The van der Waals surface area contributed by atoms with Crippen molar-refractivity contribution in [2.75, 3.05) is 6.61 Å². The van der Waals surface area contributed by atoms with Crippen molar-refractivity contribution in [2.24, 2.45) is 0 Å². The predicted octanol–water partition coefficient (Wildman–Crippen LogP) is 0.148. The number of hydrogen-bond donors (Lipinski definition) is 1. The standard InChI is InChI=1S/C11H17O6/c1-5-13-4-6(14-5)8-7(12)9-10(15-8)17-11(2,3)16-9/h6-10,12H,4H2,1-3H3/t6-,7+,8-,9-,10-/m1/s1. The first-order valence-electron chi connectivity index (χ1n) is 5.78. The third-order valence-electron chi connectivity index (χ3n) is 3.19. The number of fused-ring (bicyclic) bond motifs is 1. The fourth-order valence-electron chi connectivity index (χ4n) is 2.47. The minimum Gasteiger partial charge on any atom is -0.387 e. The van der Waals surface area contributed by atoms with Gasteiger partial charge in [0.05, 0.1) is 6.61 Å². The highest BCUT2D eigenvalue weighted by atomic mass is 16.8. The Hall–Kier alpha value is -0.240. The molecule has 3 heterocycles. The van der Waals surface area contributed by atoms with Gasteiger partial charge in [0.2, 0.25) is 6.29 Å². The minimum atomic E-state index is -0.763. The van der Waals surface area contributed by atoms with Crippen LogP contribution in [0.3, 0.4) is 0 Å². The normalized spacial score (nSPS) is 49.8. The van der Waals surface area contributed by atoms with Gasteiger partial charge in [-0.25, -0.2) is 0 Å². The molecule has 3 rings (SSSR count). The molecule has 0 aromatic rings. The number of hydrogen-bond acceptors (Lipinski definition) is 6. The summed E-state index contributed by atoms with van der Waals surface area (Å²) in [6.45, 7) is 5.71. The van der Waals surface area contributed by atoms with E-state index in [0.29, 0.717) is 12.9 Å². The van der Waals surface area contributed by atoms with E-state index < -0.39 is 30.4 Å². The van der Waals surface area contributed by atoms with E-state index in [9.17, 15) is 5.11 Å². The van der Waals surface area contributed by atoms with E-state index in [2.05, 4.69) is 0 Å². The SMILES string of the molecule is C[C]1OC[C@H]([C@H]2O[C@@H]3OC(C)(C)O[C@@H]3[C@H]2O)O1. The van der Waals surface area contributed by atoms with Gasteiger partial charge in [0.25, 0.3) is 0 Å². The molecule has 6 nitrogen and oxygen atoms in total. The van der Waals surface area contributed by atoms with Crippen LogP contribution in [0.15, 0.2) is 0 Å². The van der Waals surface area contributed by atoms with Crippen LogP contribution < -0.4 is 0 Å². The van der Waals surface area contributed by atoms with Crippen molar-refractivity contribution in [1.29, 1.82) is 0 Å². The molecule has 0 bridgehead atoms. The van der Waals surface area contributed by atoms with Crippen molar-refractivity contribution < 1.29 is 28.8 Å². The highest BCUT2D eigenvalue weighted by molar-refractivity contribution is 4.97. The van der Waals surface area contributed by atoms with Crippen LogP contribution in [0.5, 0.6) is 0 Å². The fraction of sp³-hybridized carbons (Fsp3) is 0.909. The molecular weight excluding hydrogens is 228 g/mol. The molecule has 1 N–H and O–H groups in total. The Balaban J connectivity index is 1.68. The van der Waals surface area contributed by atoms with Gasteiger partial charge in [0, 0.05) is 0 Å². The van der Waals surface area contributed by atoms with E-state index in [0.717, 1.165) is 0 Å². The zero-order chi connectivity index (χ0) is 12.2. The van der Waals surface area contributed by atoms with E-state index in [1.807, 2.05) is 0 Å². The molecule has 0 aromatic heterocycles. The summed E-state index contributed by atoms with van der Waals surface area (Å²) in [6, 6.07) is 0. The van der Waals surface area contributed by atoms with Crippen LogP contribution in [0.1, 0.15) is 20.8 Å². The summed E-state index contributed by atoms with van der Waals surface area (Å²) >= 11 is 0. The summed E-state index contributed by atoms with van der Waals surface area (Å²) in [5.41, 5.74) is 0. The lowest BCUT2D eigenvalue weighted by molar-refractivity contribution is -0.225. The first kappa shape index (κ1) is 11.8. The summed E-state index contributed by atoms with van der Waals surface area (Å²) < 4.78 is 27.4. The van der Waals surface area contributed by atoms with Crippen molar-refractivity contribution in [3.63, 3.8) is 0 Å². The lowest BCUT2D eigenvalue weighted by Crippen LogP contribution is -2.41. The maximum Gasteiger partial charge on any atom is 0.221 e. The average molecular weight is 245 g/mol. The van der Waals surface area contributed by atoms with Crippen LogP contribution in [0.25, 0.3) is 0 Å². The Bertz CT molecular complexity index is 306. The summed E-state index contributed by atoms with van der Waals surface area (Å²) in [5, 5.41) is 10.2. The second-order valence-corrected chi connectivity index (χ2v) is 5.02. The molecule has 3 aliphatic rings. The lowest BCUT2D eigenvalue weighted by atomic mass is 10.1. The molecule has 0 aromatic carbocycles. The zero-order valence-corrected chi connectivity index (χ0v) is 10.1. The number of aliphatic hydroxyl groups is 1. The van der Waals surface area contributed by atoms with Crippen molar-refractivity contribution in [2.45, 2.75) is 57.3 Å². The molecule has 5 atom stereocenters. The van der Waals surface area contributed by atoms with Gasteiger partial charge < -0.3 is 28.8 Å². The zero-order valence-electron chi connectivity index (χ0n) is 10.1. The summed E-state index contributed by atoms with van der Waals surface area (Å²) in [5.74, 6) is -0.712. The van der Waals surface area contributed by atoms with Gasteiger partial charge in [0.15, 0.2) is 12.1 Å². The highest BCUT2D eigenvalue weighted by Crippen LogP contribution is 2.39. The average Bonchev–Trinajstić information content (AvgIpc) is 2.83. The third-order valence-corrected chi connectivity index (χ3v) is 3.19. The number of ether oxygens (including phenoxy) is 5. The van der Waals surface area contributed by atoms with E-state index in [4.69, 9.17) is 23.7 Å². The molecule has 0 unspecified atom stereocenters. The third kappa shape index (κ3) is 1.99. The van der Waals surface area contributed by atoms with E-state index in [1.165, 1.54) is 0 Å². The monoisotopic (exact) mass is 245 g/mol. The Morgan fingerprint density at radius 1 is 1.24 bits per heavy atom. The van der Waals surface area contributed by atoms with Crippen LogP contribution in [0.4, 0.5) is 0 Å². The maximum absolute atomic E-state index is 10.2. The fourth-order valence-corrected chi connectivity index (χ4v) is 2.47. The minimum absolute atomic E-state index is 0.300. The second-order valence-electron chi connectivity index (χ2n) is 5.02. The molecule has 1 radical (unpaired) electrons. The Morgan fingerprint density at radius 2 is 2.00 bits per heavy atom. The molecule has 17 heavy (non-hydrogen) atoms. The van der Waals surface area contributed by atoms with Gasteiger partial charge in [-0.3, -0.25) is 0 Å². The highest BCUT2D eigenvalue weighted by Gasteiger charge is 2.57. The van der Waals surface area contributed by atoms with Gasteiger partial charge in [-0.1, -0.05) is 0 Å². The van der Waals surface area contributed by atoms with Gasteiger partial charge >= 0.3 is 0 Å². The molecule has 3 fully saturated rings. The Morgan fingerprint density at radius 3 is 2.59 bits per heavy atom. The van der Waals surface area contributed by atoms with E-state index >= 15 is 0 Å². The molecule has 0 amide bonds. The summed E-state index contributed by atoms with van der Waals surface area (Å²) in [4.78, 5) is 0. The molecule has 6 heteroatoms. The van der Waals surface area contributed by atoms with Crippen molar-refractivity contribution >= 4 is 0 Å². The smallest absolute Gasteiger partial charge is 0.221 e. The van der Waals surface area contributed by atoms with Gasteiger partial charge in [0.1, 0.15) is 24.4 Å². The molecule has 3 aliphatic heterocycles.